The van der Waals surface area contributed by atoms with Crippen LogP contribution in [0.5, 0.6) is 0 Å². The highest BCUT2D eigenvalue weighted by Gasteiger charge is 2.38. The average Bonchev–Trinajstić information content (AvgIpc) is 2.92. The number of carboxylic acids is 2. The zero-order valence-electron chi connectivity index (χ0n) is 22.0. The van der Waals surface area contributed by atoms with Crippen molar-refractivity contribution in [1.29, 1.82) is 0 Å². The molecule has 0 aromatic heterocycles. The van der Waals surface area contributed by atoms with Gasteiger partial charge in [-0.25, -0.2) is 9.59 Å². The van der Waals surface area contributed by atoms with Crippen LogP contribution in [-0.4, -0.2) is 60.4 Å². The van der Waals surface area contributed by atoms with E-state index in [1.807, 2.05) is 22.8 Å². The Kier molecular flexibility index (Phi) is 9.71. The van der Waals surface area contributed by atoms with Gasteiger partial charge in [0.25, 0.3) is 5.91 Å². The van der Waals surface area contributed by atoms with Crippen LogP contribution >= 0.6 is 0 Å². The number of piperazine rings is 1. The molecule has 0 radical (unpaired) electrons. The van der Waals surface area contributed by atoms with Crippen molar-refractivity contribution in [3.05, 3.63) is 89.0 Å². The predicted molar refractivity (Wildman–Crippen MR) is 142 cm³/mol. The van der Waals surface area contributed by atoms with Crippen molar-refractivity contribution in [3.8, 4) is 0 Å². The molecule has 1 amide bonds. The van der Waals surface area contributed by atoms with Gasteiger partial charge in [0.05, 0.1) is 16.8 Å². The summed E-state index contributed by atoms with van der Waals surface area (Å²) in [5.74, 6) is -4.23. The molecule has 0 saturated carbocycles. The maximum absolute atomic E-state index is 13.1. The van der Waals surface area contributed by atoms with E-state index in [4.69, 9.17) is 9.90 Å². The third kappa shape index (κ3) is 8.38. The highest BCUT2D eigenvalue weighted by molar-refractivity contribution is 6.05. The van der Waals surface area contributed by atoms with Gasteiger partial charge in [0.15, 0.2) is 0 Å². The number of hydrogen-bond donors (Lipinski definition) is 3. The predicted octanol–water partition coefficient (Wildman–Crippen LogP) is 5.92. The minimum atomic E-state index is -5.08. The third-order valence-electron chi connectivity index (χ3n) is 6.17. The van der Waals surface area contributed by atoms with E-state index in [9.17, 15) is 41.0 Å². The number of benzene rings is 3. The van der Waals surface area contributed by atoms with E-state index in [0.29, 0.717) is 48.8 Å². The Labute approximate surface area is 235 Å². The molecule has 224 valence electrons. The molecule has 1 fully saturated rings. The SMILES string of the molecule is Cc1cccc(C(=O)Nc2ccc(N3CCN(c4cccc(C(F)(F)F)c4)CC3)c(C(=O)O)c2)c1.O=C(O)C(F)(F)F. The van der Waals surface area contributed by atoms with E-state index in [-0.39, 0.29) is 11.5 Å². The molecule has 3 aromatic rings. The van der Waals surface area contributed by atoms with Gasteiger partial charge in [0.1, 0.15) is 0 Å². The number of nitrogens with one attached hydrogen (secondary N) is 1. The monoisotopic (exact) mass is 597 g/mol. The first-order chi connectivity index (χ1) is 19.6. The number of rotatable bonds is 5. The molecule has 0 bridgehead atoms. The number of hydrogen-bond acceptors (Lipinski definition) is 5. The Morgan fingerprint density at radius 1 is 0.786 bits per heavy atom. The van der Waals surface area contributed by atoms with Gasteiger partial charge >= 0.3 is 24.3 Å². The molecule has 4 rings (SSSR count). The number of aromatic carboxylic acids is 1. The first-order valence-corrected chi connectivity index (χ1v) is 12.3. The first-order valence-electron chi connectivity index (χ1n) is 12.3. The molecular weight excluding hydrogens is 572 g/mol. The van der Waals surface area contributed by atoms with Gasteiger partial charge in [-0.2, -0.15) is 26.3 Å². The van der Waals surface area contributed by atoms with Gasteiger partial charge in [0.2, 0.25) is 0 Å². The zero-order valence-corrected chi connectivity index (χ0v) is 22.0. The standard InChI is InChI=1S/C26H24F3N3O3.C2HF3O2/c1-17-4-2-5-18(14-17)24(33)30-20-8-9-23(22(16-20)25(34)35)32-12-10-31(11-13-32)21-7-3-6-19(15-21)26(27,28)29;3-2(4,5)1(6)7/h2-9,14-16H,10-13H2,1H3,(H,30,33)(H,34,35);(H,6,7). The smallest absolute Gasteiger partial charge is 0.478 e. The number of aryl methyl sites for hydroxylation is 1. The van der Waals surface area contributed by atoms with Crippen molar-refractivity contribution in [2.45, 2.75) is 19.3 Å². The second kappa shape index (κ2) is 12.8. The molecule has 14 heteroatoms. The number of carbonyl (C=O) groups is 3. The summed E-state index contributed by atoms with van der Waals surface area (Å²) < 4.78 is 70.9. The molecular formula is C28H25F6N3O5. The molecule has 3 aromatic carbocycles. The van der Waals surface area contributed by atoms with Crippen molar-refractivity contribution in [2.75, 3.05) is 41.3 Å². The van der Waals surface area contributed by atoms with Crippen LogP contribution < -0.4 is 15.1 Å². The molecule has 0 aliphatic carbocycles. The van der Waals surface area contributed by atoms with Gasteiger partial charge in [-0.05, 0) is 55.5 Å². The first kappa shape index (κ1) is 31.8. The summed E-state index contributed by atoms with van der Waals surface area (Å²) in [6.45, 7) is 3.62. The number of carboxylic acid groups (broad SMARTS) is 2. The van der Waals surface area contributed by atoms with Crippen LogP contribution in [0.3, 0.4) is 0 Å². The number of halogens is 6. The van der Waals surface area contributed by atoms with Gasteiger partial charge in [-0.1, -0.05) is 23.8 Å². The lowest BCUT2D eigenvalue weighted by atomic mass is 10.1. The Bertz CT molecular complexity index is 1450. The van der Waals surface area contributed by atoms with E-state index in [2.05, 4.69) is 5.32 Å². The fraction of sp³-hybridized carbons (Fsp3) is 0.250. The lowest BCUT2D eigenvalue weighted by Gasteiger charge is -2.38. The van der Waals surface area contributed by atoms with E-state index in [1.54, 1.807) is 36.4 Å². The van der Waals surface area contributed by atoms with Crippen molar-refractivity contribution >= 4 is 34.9 Å². The summed E-state index contributed by atoms with van der Waals surface area (Å²) >= 11 is 0. The number of aliphatic carboxylic acids is 1. The lowest BCUT2D eigenvalue weighted by molar-refractivity contribution is -0.192. The minimum Gasteiger partial charge on any atom is -0.478 e. The Hall–Kier alpha value is -4.75. The highest BCUT2D eigenvalue weighted by Crippen LogP contribution is 2.32. The van der Waals surface area contributed by atoms with Crippen molar-refractivity contribution in [3.63, 3.8) is 0 Å². The lowest BCUT2D eigenvalue weighted by Crippen LogP contribution is -2.47. The van der Waals surface area contributed by atoms with Crippen LogP contribution in [0.2, 0.25) is 0 Å². The summed E-state index contributed by atoms with van der Waals surface area (Å²) in [7, 11) is 0. The summed E-state index contributed by atoms with van der Waals surface area (Å²) in [4.78, 5) is 37.2. The average molecular weight is 598 g/mol. The molecule has 0 spiro atoms. The normalized spacial score (nSPS) is 13.6. The summed E-state index contributed by atoms with van der Waals surface area (Å²) in [5, 5.41) is 19.6. The molecule has 0 atom stereocenters. The Morgan fingerprint density at radius 2 is 1.38 bits per heavy atom. The van der Waals surface area contributed by atoms with Crippen LogP contribution in [0.25, 0.3) is 0 Å². The second-order valence-corrected chi connectivity index (χ2v) is 9.19. The highest BCUT2D eigenvalue weighted by atomic mass is 19.4. The second-order valence-electron chi connectivity index (χ2n) is 9.19. The maximum atomic E-state index is 13.1. The quantitative estimate of drug-likeness (QED) is 0.313. The zero-order chi connectivity index (χ0) is 31.2. The summed E-state index contributed by atoms with van der Waals surface area (Å²) in [6, 6.07) is 17.0. The van der Waals surface area contributed by atoms with Crippen molar-refractivity contribution in [1.82, 2.24) is 0 Å². The number of amides is 1. The molecule has 8 nitrogen and oxygen atoms in total. The van der Waals surface area contributed by atoms with Gasteiger partial charge in [-0.3, -0.25) is 4.79 Å². The van der Waals surface area contributed by atoms with Crippen LogP contribution in [0, 0.1) is 6.92 Å². The molecule has 1 aliphatic rings. The summed E-state index contributed by atoms with van der Waals surface area (Å²) in [5.41, 5.74) is 2.08. The Balaban J connectivity index is 0.000000616. The molecule has 1 heterocycles. The van der Waals surface area contributed by atoms with Crippen molar-refractivity contribution < 1.29 is 50.9 Å². The molecule has 1 aliphatic heterocycles. The molecule has 3 N–H and O–H groups in total. The van der Waals surface area contributed by atoms with Crippen LogP contribution in [-0.2, 0) is 11.0 Å². The van der Waals surface area contributed by atoms with E-state index >= 15 is 0 Å². The van der Waals surface area contributed by atoms with E-state index in [0.717, 1.165) is 17.7 Å². The fourth-order valence-corrected chi connectivity index (χ4v) is 4.13. The molecule has 42 heavy (non-hydrogen) atoms. The van der Waals surface area contributed by atoms with Crippen LogP contribution in [0.4, 0.5) is 43.4 Å². The maximum Gasteiger partial charge on any atom is 0.490 e. The third-order valence-corrected chi connectivity index (χ3v) is 6.17. The number of nitrogens with zero attached hydrogens (tertiary/aromatic N) is 2. The number of alkyl halides is 6. The Morgan fingerprint density at radius 3 is 1.93 bits per heavy atom. The van der Waals surface area contributed by atoms with Crippen LogP contribution in [0.15, 0.2) is 66.7 Å². The van der Waals surface area contributed by atoms with Crippen molar-refractivity contribution in [2.24, 2.45) is 0 Å². The molecule has 0 unspecified atom stereocenters. The van der Waals surface area contributed by atoms with Gasteiger partial charge in [0, 0.05) is 43.1 Å². The topological polar surface area (TPSA) is 110 Å². The van der Waals surface area contributed by atoms with Crippen LogP contribution in [0.1, 0.15) is 31.8 Å². The van der Waals surface area contributed by atoms with Gasteiger partial charge in [-0.15, -0.1) is 0 Å². The van der Waals surface area contributed by atoms with E-state index in [1.165, 1.54) is 12.1 Å². The van der Waals surface area contributed by atoms with Gasteiger partial charge < -0.3 is 25.3 Å². The minimum absolute atomic E-state index is 0.0413. The number of anilines is 3. The summed E-state index contributed by atoms with van der Waals surface area (Å²) in [6.07, 6.45) is -9.50. The fourth-order valence-electron chi connectivity index (χ4n) is 4.13. The number of carbonyl (C=O) groups excluding carboxylic acids is 1. The largest absolute Gasteiger partial charge is 0.490 e. The molecule has 1 saturated heterocycles. The van der Waals surface area contributed by atoms with E-state index < -0.39 is 29.9 Å².